The zero-order valence-corrected chi connectivity index (χ0v) is 26.3. The summed E-state index contributed by atoms with van der Waals surface area (Å²) in [6.07, 6.45) is 0. The van der Waals surface area contributed by atoms with E-state index in [1.54, 1.807) is 0 Å². The Morgan fingerprint density at radius 1 is 0.438 bits per heavy atom. The van der Waals surface area contributed by atoms with E-state index in [2.05, 4.69) is 121 Å². The van der Waals surface area contributed by atoms with E-state index in [0.29, 0.717) is 11.4 Å². The smallest absolute Gasteiger partial charge is 0.180 e. The maximum absolute atomic E-state index is 6.54. The van der Waals surface area contributed by atoms with E-state index < -0.39 is 0 Å². The molecule has 0 aliphatic carbocycles. The van der Waals surface area contributed by atoms with E-state index in [0.717, 1.165) is 65.9 Å². The van der Waals surface area contributed by atoms with Gasteiger partial charge in [0.25, 0.3) is 0 Å². The molecule has 0 N–H and O–H groups in total. The first-order valence-electron chi connectivity index (χ1n) is 16.0. The van der Waals surface area contributed by atoms with Crippen molar-refractivity contribution in [2.75, 3.05) is 0 Å². The van der Waals surface area contributed by atoms with E-state index in [1.165, 1.54) is 30.9 Å². The number of pyridine rings is 1. The first-order chi connectivity index (χ1) is 23.8. The molecule has 0 saturated heterocycles. The molecule has 11 aromatic rings. The quantitative estimate of drug-likeness (QED) is 0.179. The van der Waals surface area contributed by atoms with Crippen LogP contribution in [0.5, 0.6) is 0 Å². The Morgan fingerprint density at radius 2 is 1.08 bits per heavy atom. The predicted octanol–water partition coefficient (Wildman–Crippen LogP) is 12.1. The van der Waals surface area contributed by atoms with E-state index in [1.807, 2.05) is 29.5 Å². The molecule has 0 saturated carbocycles. The highest BCUT2D eigenvalue weighted by Gasteiger charge is 2.24. The number of thiophene rings is 1. The largest absolute Gasteiger partial charge is 0.452 e. The number of aromatic nitrogens is 3. The average Bonchev–Trinajstić information content (AvgIpc) is 3.73. The number of fused-ring (bicyclic) bond motifs is 14. The van der Waals surface area contributed by atoms with E-state index in [-0.39, 0.29) is 0 Å². The highest BCUT2D eigenvalue weighted by molar-refractivity contribution is 7.27. The summed E-state index contributed by atoms with van der Waals surface area (Å²) in [5.74, 6) is 0.580. The molecule has 0 radical (unpaired) electrons. The summed E-state index contributed by atoms with van der Waals surface area (Å²) < 4.78 is 9.04. The zero-order valence-electron chi connectivity index (χ0n) is 25.4. The standard InChI is InChI=1S/C43H23N3OS/c1-2-14-25-24(12-1)13-11-21-28(25)37-41-38(31-19-7-9-22-33(31)47-41)46-43(45-37)39-29-17-5-3-15-26(29)35-27-16-4-6-18-30(27)42-36(40(35)44-39)32-20-8-10-23-34(32)48-42/h1-23H. The van der Waals surface area contributed by atoms with Crippen molar-refractivity contribution in [3.8, 4) is 22.8 Å². The lowest BCUT2D eigenvalue weighted by Crippen LogP contribution is -1.98. The number of rotatable bonds is 2. The average molecular weight is 630 g/mol. The van der Waals surface area contributed by atoms with Crippen LogP contribution in [0.3, 0.4) is 0 Å². The topological polar surface area (TPSA) is 51.8 Å². The summed E-state index contributed by atoms with van der Waals surface area (Å²) in [4.78, 5) is 16.2. The fourth-order valence-electron chi connectivity index (χ4n) is 7.57. The second-order valence-corrected chi connectivity index (χ2v) is 13.3. The molecule has 0 atom stereocenters. The van der Waals surface area contributed by atoms with Gasteiger partial charge in [-0.2, -0.15) is 0 Å². The van der Waals surface area contributed by atoms with Crippen molar-refractivity contribution in [2.45, 2.75) is 0 Å². The van der Waals surface area contributed by atoms with Gasteiger partial charge in [-0.15, -0.1) is 11.3 Å². The first-order valence-corrected chi connectivity index (χ1v) is 16.9. The maximum atomic E-state index is 6.54. The second kappa shape index (κ2) is 9.67. The Bertz CT molecular complexity index is 3130. The van der Waals surface area contributed by atoms with Crippen LogP contribution in [0.1, 0.15) is 0 Å². The summed E-state index contributed by atoms with van der Waals surface area (Å²) in [5.41, 5.74) is 5.75. The summed E-state index contributed by atoms with van der Waals surface area (Å²) in [5, 5.41) is 11.4. The van der Waals surface area contributed by atoms with Gasteiger partial charge in [0, 0.05) is 47.3 Å². The maximum Gasteiger partial charge on any atom is 0.180 e. The molecule has 0 spiro atoms. The van der Waals surface area contributed by atoms with Crippen molar-refractivity contribution in [3.63, 3.8) is 0 Å². The van der Waals surface area contributed by atoms with Crippen molar-refractivity contribution in [2.24, 2.45) is 0 Å². The van der Waals surface area contributed by atoms with Crippen LogP contribution in [0.25, 0.3) is 108 Å². The fraction of sp³-hybridized carbons (Fsp3) is 0. The number of nitrogens with zero attached hydrogens (tertiary/aromatic N) is 3. The molecule has 222 valence electrons. The zero-order chi connectivity index (χ0) is 31.3. The molecule has 11 rings (SSSR count). The Balaban J connectivity index is 1.34. The van der Waals surface area contributed by atoms with Crippen LogP contribution >= 0.6 is 11.3 Å². The van der Waals surface area contributed by atoms with Crippen LogP contribution in [0.15, 0.2) is 144 Å². The molecular formula is C43H23N3OS. The molecule has 0 amide bonds. The van der Waals surface area contributed by atoms with Crippen LogP contribution in [0, 0.1) is 0 Å². The molecule has 5 heteroatoms. The fourth-order valence-corrected chi connectivity index (χ4v) is 8.81. The van der Waals surface area contributed by atoms with Gasteiger partial charge >= 0.3 is 0 Å². The van der Waals surface area contributed by atoms with Crippen molar-refractivity contribution in [1.29, 1.82) is 0 Å². The van der Waals surface area contributed by atoms with Crippen LogP contribution < -0.4 is 0 Å². The number of hydrogen-bond donors (Lipinski definition) is 0. The molecule has 0 aliphatic heterocycles. The molecule has 7 aromatic carbocycles. The third-order valence-electron chi connectivity index (χ3n) is 9.66. The Labute approximate surface area is 277 Å². The normalized spacial score (nSPS) is 12.2. The lowest BCUT2D eigenvalue weighted by Gasteiger charge is -2.14. The number of hydrogen-bond acceptors (Lipinski definition) is 5. The monoisotopic (exact) mass is 629 g/mol. The molecule has 0 bridgehead atoms. The predicted molar refractivity (Wildman–Crippen MR) is 201 cm³/mol. The van der Waals surface area contributed by atoms with E-state index in [9.17, 15) is 0 Å². The minimum Gasteiger partial charge on any atom is -0.452 e. The van der Waals surface area contributed by atoms with Gasteiger partial charge in [0.1, 0.15) is 22.5 Å². The Kier molecular flexibility index (Phi) is 5.23. The molecular weight excluding hydrogens is 607 g/mol. The number of para-hydroxylation sites is 1. The highest BCUT2D eigenvalue weighted by Crippen LogP contribution is 2.47. The van der Waals surface area contributed by atoms with Gasteiger partial charge in [-0.3, -0.25) is 0 Å². The minimum atomic E-state index is 0.580. The SMILES string of the molecule is c1ccc2c(-c3nc(-c4nc5c(c6ccccc46)c4ccccc4c4sc6ccccc6c54)nc4c3oc3ccccc34)cccc2c1. The van der Waals surface area contributed by atoms with Crippen LogP contribution in [-0.2, 0) is 0 Å². The molecule has 0 unspecified atom stereocenters. The third-order valence-corrected chi connectivity index (χ3v) is 10.9. The summed E-state index contributed by atoms with van der Waals surface area (Å²) >= 11 is 1.83. The summed E-state index contributed by atoms with van der Waals surface area (Å²) in [6.45, 7) is 0. The van der Waals surface area contributed by atoms with Gasteiger partial charge in [-0.1, -0.05) is 121 Å². The molecule has 4 nitrogen and oxygen atoms in total. The van der Waals surface area contributed by atoms with Crippen molar-refractivity contribution >= 4 is 96.8 Å². The second-order valence-electron chi connectivity index (χ2n) is 12.3. The van der Waals surface area contributed by atoms with Crippen LogP contribution in [-0.4, -0.2) is 15.0 Å². The minimum absolute atomic E-state index is 0.580. The molecule has 0 aliphatic rings. The van der Waals surface area contributed by atoms with Gasteiger partial charge in [0.15, 0.2) is 11.4 Å². The lowest BCUT2D eigenvalue weighted by molar-refractivity contribution is 0.667. The number of benzene rings is 7. The summed E-state index contributed by atoms with van der Waals surface area (Å²) in [6, 6.07) is 48.8. The van der Waals surface area contributed by atoms with Gasteiger partial charge < -0.3 is 4.42 Å². The van der Waals surface area contributed by atoms with Crippen molar-refractivity contribution < 1.29 is 4.42 Å². The Morgan fingerprint density at radius 3 is 1.94 bits per heavy atom. The number of furan rings is 1. The van der Waals surface area contributed by atoms with Crippen LogP contribution in [0.2, 0.25) is 0 Å². The van der Waals surface area contributed by atoms with Crippen molar-refractivity contribution in [3.05, 3.63) is 140 Å². The highest BCUT2D eigenvalue weighted by atomic mass is 32.1. The van der Waals surface area contributed by atoms with Gasteiger partial charge in [-0.25, -0.2) is 15.0 Å². The van der Waals surface area contributed by atoms with E-state index >= 15 is 0 Å². The molecule has 48 heavy (non-hydrogen) atoms. The van der Waals surface area contributed by atoms with Gasteiger partial charge in [0.05, 0.1) is 5.52 Å². The van der Waals surface area contributed by atoms with Gasteiger partial charge in [0.2, 0.25) is 0 Å². The van der Waals surface area contributed by atoms with E-state index in [4.69, 9.17) is 19.4 Å². The first kappa shape index (κ1) is 26.0. The molecule has 4 aromatic heterocycles. The van der Waals surface area contributed by atoms with Crippen molar-refractivity contribution in [1.82, 2.24) is 15.0 Å². The van der Waals surface area contributed by atoms with Gasteiger partial charge in [-0.05, 0) is 39.7 Å². The lowest BCUT2D eigenvalue weighted by atomic mass is 9.95. The third kappa shape index (κ3) is 3.51. The van der Waals surface area contributed by atoms with Crippen LogP contribution in [0.4, 0.5) is 0 Å². The summed E-state index contributed by atoms with van der Waals surface area (Å²) in [7, 11) is 0. The Hall–Kier alpha value is -6.17. The molecule has 0 fully saturated rings. The molecule has 4 heterocycles.